The van der Waals surface area contributed by atoms with Gasteiger partial charge in [-0.05, 0) is 42.7 Å². The largest absolute Gasteiger partial charge is 0.376 e. The molecule has 0 amide bonds. The zero-order valence-corrected chi connectivity index (χ0v) is 13.4. The first-order valence-electron chi connectivity index (χ1n) is 6.79. The summed E-state index contributed by atoms with van der Waals surface area (Å²) < 4.78 is 0.862. The molecule has 0 radical (unpaired) electrons. The molecule has 0 aliphatic heterocycles. The minimum atomic E-state index is 0.285. The number of aryl methyl sites for hydroxylation is 1. The lowest BCUT2D eigenvalue weighted by atomic mass is 10.1. The Bertz CT molecular complexity index is 828. The van der Waals surface area contributed by atoms with Crippen molar-refractivity contribution in [2.24, 2.45) is 0 Å². The lowest BCUT2D eigenvalue weighted by Crippen LogP contribution is -2.07. The molecule has 1 unspecified atom stereocenters. The number of pyridine rings is 1. The summed E-state index contributed by atoms with van der Waals surface area (Å²) in [5.41, 5.74) is 3.25. The number of anilines is 1. The number of nitrogens with zero attached hydrogens (tertiary/aromatic N) is 1. The van der Waals surface area contributed by atoms with Gasteiger partial charge in [-0.3, -0.25) is 4.98 Å². The third-order valence-corrected chi connectivity index (χ3v) is 5.40. The van der Waals surface area contributed by atoms with Crippen molar-refractivity contribution in [3.05, 3.63) is 56.3 Å². The minimum Gasteiger partial charge on any atom is -0.376 e. The highest BCUT2D eigenvalue weighted by Gasteiger charge is 2.25. The maximum atomic E-state index is 6.23. The molecule has 106 valence electrons. The first-order valence-corrected chi connectivity index (χ1v) is 8.37. The molecule has 0 bridgehead atoms. The van der Waals surface area contributed by atoms with Crippen LogP contribution in [-0.4, -0.2) is 4.98 Å². The quantitative estimate of drug-likeness (QED) is 0.649. The molecule has 1 aliphatic carbocycles. The topological polar surface area (TPSA) is 24.9 Å². The number of fused-ring (bicyclic) bond motifs is 2. The second-order valence-electron chi connectivity index (χ2n) is 5.19. The summed E-state index contributed by atoms with van der Waals surface area (Å²) in [5, 5.41) is 5.37. The van der Waals surface area contributed by atoms with E-state index in [1.807, 2.05) is 30.5 Å². The molecule has 21 heavy (non-hydrogen) atoms. The minimum absolute atomic E-state index is 0.285. The van der Waals surface area contributed by atoms with Gasteiger partial charge in [0.05, 0.1) is 21.6 Å². The van der Waals surface area contributed by atoms with Gasteiger partial charge in [-0.15, -0.1) is 11.3 Å². The van der Waals surface area contributed by atoms with Crippen molar-refractivity contribution >= 4 is 51.1 Å². The van der Waals surface area contributed by atoms with Crippen LogP contribution in [0.5, 0.6) is 0 Å². The molecule has 2 nitrogen and oxygen atoms in total. The third-order valence-electron chi connectivity index (χ3n) is 3.85. The van der Waals surface area contributed by atoms with Gasteiger partial charge in [0.15, 0.2) is 0 Å². The van der Waals surface area contributed by atoms with Crippen LogP contribution in [0, 0.1) is 0 Å². The fourth-order valence-electron chi connectivity index (χ4n) is 2.93. The van der Waals surface area contributed by atoms with E-state index in [1.54, 1.807) is 11.3 Å². The zero-order chi connectivity index (χ0) is 14.4. The first-order chi connectivity index (χ1) is 10.2. The van der Waals surface area contributed by atoms with E-state index < -0.39 is 0 Å². The van der Waals surface area contributed by atoms with Gasteiger partial charge in [0.1, 0.15) is 0 Å². The van der Waals surface area contributed by atoms with E-state index in [4.69, 9.17) is 23.2 Å². The summed E-state index contributed by atoms with van der Waals surface area (Å²) >= 11 is 14.0. The standard InChI is InChI=1S/C16H12Cl2N2S/c17-10-6-9-2-1-5-19-16(9)13(7-10)20-12-3-4-14-11(12)8-15(18)21-14/h1-2,5-8,12,20H,3-4H2. The van der Waals surface area contributed by atoms with Gasteiger partial charge in [0.25, 0.3) is 0 Å². The molecule has 1 aromatic carbocycles. The second kappa shape index (κ2) is 5.16. The Hall–Kier alpha value is -1.29. The van der Waals surface area contributed by atoms with Crippen molar-refractivity contribution in [1.82, 2.24) is 4.98 Å². The van der Waals surface area contributed by atoms with Gasteiger partial charge in [0, 0.05) is 21.5 Å². The third kappa shape index (κ3) is 2.39. The number of thiophene rings is 1. The van der Waals surface area contributed by atoms with E-state index in [2.05, 4.69) is 16.4 Å². The van der Waals surface area contributed by atoms with Crippen LogP contribution in [0.2, 0.25) is 9.36 Å². The highest BCUT2D eigenvalue weighted by molar-refractivity contribution is 7.16. The van der Waals surface area contributed by atoms with Gasteiger partial charge in [-0.25, -0.2) is 0 Å². The number of aromatic nitrogens is 1. The fraction of sp³-hybridized carbons (Fsp3) is 0.188. The van der Waals surface area contributed by atoms with Crippen molar-refractivity contribution in [3.63, 3.8) is 0 Å². The average Bonchev–Trinajstić information content (AvgIpc) is 2.99. The van der Waals surface area contributed by atoms with Crippen LogP contribution in [-0.2, 0) is 6.42 Å². The molecule has 2 heterocycles. The normalized spacial score (nSPS) is 17.1. The molecule has 3 aromatic rings. The van der Waals surface area contributed by atoms with Gasteiger partial charge in [-0.1, -0.05) is 29.3 Å². The summed E-state index contributed by atoms with van der Waals surface area (Å²) in [6.07, 6.45) is 3.97. The summed E-state index contributed by atoms with van der Waals surface area (Å²) in [5.74, 6) is 0. The van der Waals surface area contributed by atoms with Crippen molar-refractivity contribution in [2.45, 2.75) is 18.9 Å². The molecule has 5 heteroatoms. The fourth-order valence-corrected chi connectivity index (χ4v) is 4.52. The summed E-state index contributed by atoms with van der Waals surface area (Å²) in [7, 11) is 0. The second-order valence-corrected chi connectivity index (χ2v) is 7.40. The monoisotopic (exact) mass is 334 g/mol. The molecule has 0 saturated carbocycles. The number of hydrogen-bond acceptors (Lipinski definition) is 3. The average molecular weight is 335 g/mol. The van der Waals surface area contributed by atoms with Crippen LogP contribution >= 0.6 is 34.5 Å². The zero-order valence-electron chi connectivity index (χ0n) is 11.1. The number of benzene rings is 1. The van der Waals surface area contributed by atoms with E-state index in [1.165, 1.54) is 10.4 Å². The number of halogens is 2. The lowest BCUT2D eigenvalue weighted by molar-refractivity contribution is 0.763. The van der Waals surface area contributed by atoms with E-state index in [-0.39, 0.29) is 6.04 Å². The van der Waals surface area contributed by atoms with Gasteiger partial charge >= 0.3 is 0 Å². The Labute approximate surface area is 136 Å². The van der Waals surface area contributed by atoms with E-state index in [0.29, 0.717) is 0 Å². The Balaban J connectivity index is 1.75. The van der Waals surface area contributed by atoms with Crippen molar-refractivity contribution in [3.8, 4) is 0 Å². The first kappa shape index (κ1) is 13.4. The number of rotatable bonds is 2. The highest BCUT2D eigenvalue weighted by Crippen LogP contribution is 2.41. The Morgan fingerprint density at radius 3 is 3.05 bits per heavy atom. The van der Waals surface area contributed by atoms with Crippen LogP contribution in [0.1, 0.15) is 22.9 Å². The van der Waals surface area contributed by atoms with E-state index in [9.17, 15) is 0 Å². The van der Waals surface area contributed by atoms with Crippen LogP contribution in [0.4, 0.5) is 5.69 Å². The van der Waals surface area contributed by atoms with E-state index in [0.717, 1.165) is 38.8 Å². The molecule has 0 spiro atoms. The van der Waals surface area contributed by atoms with Crippen molar-refractivity contribution in [2.75, 3.05) is 5.32 Å². The highest BCUT2D eigenvalue weighted by atomic mass is 35.5. The molecule has 2 aromatic heterocycles. The Kier molecular flexibility index (Phi) is 3.29. The summed E-state index contributed by atoms with van der Waals surface area (Å²) in [6.45, 7) is 0. The molecular formula is C16H12Cl2N2S. The maximum absolute atomic E-state index is 6.23. The summed E-state index contributed by atoms with van der Waals surface area (Å²) in [6, 6.07) is 10.2. The number of hydrogen-bond donors (Lipinski definition) is 1. The smallest absolute Gasteiger partial charge is 0.0934 e. The SMILES string of the molecule is Clc1cc(NC2CCc3sc(Cl)cc32)c2ncccc2c1. The molecule has 1 atom stereocenters. The molecule has 4 rings (SSSR count). The Morgan fingerprint density at radius 2 is 2.14 bits per heavy atom. The van der Waals surface area contributed by atoms with Crippen LogP contribution in [0.3, 0.4) is 0 Å². The van der Waals surface area contributed by atoms with Crippen LogP contribution in [0.25, 0.3) is 10.9 Å². The molecule has 1 N–H and O–H groups in total. The lowest BCUT2D eigenvalue weighted by Gasteiger charge is -2.16. The molecular weight excluding hydrogens is 323 g/mol. The van der Waals surface area contributed by atoms with Crippen LogP contribution < -0.4 is 5.32 Å². The van der Waals surface area contributed by atoms with Crippen LogP contribution in [0.15, 0.2) is 36.5 Å². The Morgan fingerprint density at radius 1 is 1.24 bits per heavy atom. The predicted octanol–water partition coefficient (Wildman–Crippen LogP) is 5.70. The number of nitrogens with one attached hydrogen (secondary N) is 1. The van der Waals surface area contributed by atoms with Gasteiger partial charge in [-0.2, -0.15) is 0 Å². The molecule has 1 aliphatic rings. The van der Waals surface area contributed by atoms with E-state index >= 15 is 0 Å². The van der Waals surface area contributed by atoms with Crippen molar-refractivity contribution < 1.29 is 0 Å². The maximum Gasteiger partial charge on any atom is 0.0934 e. The van der Waals surface area contributed by atoms with Gasteiger partial charge < -0.3 is 5.32 Å². The molecule has 0 saturated heterocycles. The molecule has 0 fully saturated rings. The van der Waals surface area contributed by atoms with Crippen molar-refractivity contribution in [1.29, 1.82) is 0 Å². The summed E-state index contributed by atoms with van der Waals surface area (Å²) in [4.78, 5) is 5.87. The predicted molar refractivity (Wildman–Crippen MR) is 90.8 cm³/mol. The van der Waals surface area contributed by atoms with Gasteiger partial charge in [0.2, 0.25) is 0 Å².